The predicted molar refractivity (Wildman–Crippen MR) is 159 cm³/mol. The Morgan fingerprint density at radius 1 is 1.03 bits per heavy atom. The molecule has 2 aromatic carbocycles. The Morgan fingerprint density at radius 3 is 2.54 bits per heavy atom. The second kappa shape index (κ2) is 12.5. The molecular formula is C32H39N5O2. The quantitative estimate of drug-likeness (QED) is 0.250. The number of benzene rings is 2. The van der Waals surface area contributed by atoms with Gasteiger partial charge in [0.15, 0.2) is 0 Å². The van der Waals surface area contributed by atoms with Gasteiger partial charge in [-0.05, 0) is 93.3 Å². The molecule has 39 heavy (non-hydrogen) atoms. The van der Waals surface area contributed by atoms with E-state index in [1.165, 1.54) is 29.3 Å². The Kier molecular flexibility index (Phi) is 8.59. The van der Waals surface area contributed by atoms with Crippen LogP contribution in [-0.4, -0.2) is 59.8 Å². The van der Waals surface area contributed by atoms with E-state index in [1.54, 1.807) is 6.20 Å². The number of hydrogen-bond acceptors (Lipinski definition) is 5. The molecule has 2 aromatic heterocycles. The molecule has 7 nitrogen and oxygen atoms in total. The lowest BCUT2D eigenvalue weighted by atomic mass is 9.89. The summed E-state index contributed by atoms with van der Waals surface area (Å²) in [4.78, 5) is 22.2. The number of carbonyl (C=O) groups is 1. The lowest BCUT2D eigenvalue weighted by Gasteiger charge is -2.31. The van der Waals surface area contributed by atoms with Crippen LogP contribution in [-0.2, 0) is 11.8 Å². The topological polar surface area (TPSA) is 62.6 Å². The highest BCUT2D eigenvalue weighted by molar-refractivity contribution is 6.04. The van der Waals surface area contributed by atoms with Crippen LogP contribution in [0.2, 0.25) is 0 Å². The summed E-state index contributed by atoms with van der Waals surface area (Å²) < 4.78 is 7.80. The number of nitrogens with one attached hydrogen (secondary N) is 1. The highest BCUT2D eigenvalue weighted by Crippen LogP contribution is 2.31. The molecule has 0 unspecified atom stereocenters. The van der Waals surface area contributed by atoms with Gasteiger partial charge in [-0.1, -0.05) is 19.1 Å². The average molecular weight is 526 g/mol. The van der Waals surface area contributed by atoms with Crippen molar-refractivity contribution in [2.45, 2.75) is 32.6 Å². The van der Waals surface area contributed by atoms with Gasteiger partial charge in [-0.3, -0.25) is 4.79 Å². The number of aryl methyl sites for hydroxylation is 1. The zero-order valence-corrected chi connectivity index (χ0v) is 23.3. The van der Waals surface area contributed by atoms with Gasteiger partial charge in [0.1, 0.15) is 5.82 Å². The number of anilines is 3. The van der Waals surface area contributed by atoms with Crippen LogP contribution < -0.4 is 10.2 Å². The van der Waals surface area contributed by atoms with Crippen molar-refractivity contribution in [2.24, 2.45) is 7.05 Å². The Labute approximate surface area is 231 Å². The average Bonchev–Trinajstić information content (AvgIpc) is 3.35. The molecule has 0 aliphatic carbocycles. The summed E-state index contributed by atoms with van der Waals surface area (Å²) in [6.45, 7) is 9.58. The number of carbonyl (C=O) groups excluding carboxylic acids is 1. The number of amides is 1. The van der Waals surface area contributed by atoms with Crippen LogP contribution in [0.15, 0.2) is 73.1 Å². The maximum Gasteiger partial charge on any atom is 0.256 e. The highest BCUT2D eigenvalue weighted by atomic mass is 16.5. The van der Waals surface area contributed by atoms with Gasteiger partial charge in [-0.25, -0.2) is 4.98 Å². The summed E-state index contributed by atoms with van der Waals surface area (Å²) >= 11 is 0. The molecule has 0 spiro atoms. The fraction of sp³-hybridized carbons (Fsp3) is 0.375. The summed E-state index contributed by atoms with van der Waals surface area (Å²) in [5.74, 6) is 0.940. The first-order valence-corrected chi connectivity index (χ1v) is 14.1. The molecule has 1 saturated heterocycles. The predicted octanol–water partition coefficient (Wildman–Crippen LogP) is 6.20. The number of ether oxygens (including phenoxy) is 1. The van der Waals surface area contributed by atoms with E-state index in [2.05, 4.69) is 81.2 Å². The van der Waals surface area contributed by atoms with Crippen LogP contribution in [0.1, 0.15) is 48.5 Å². The van der Waals surface area contributed by atoms with Crippen molar-refractivity contribution >= 4 is 34.0 Å². The third kappa shape index (κ3) is 6.32. The van der Waals surface area contributed by atoms with Crippen molar-refractivity contribution in [3.05, 3.63) is 84.2 Å². The van der Waals surface area contributed by atoms with Gasteiger partial charge < -0.3 is 24.4 Å². The summed E-state index contributed by atoms with van der Waals surface area (Å²) in [5, 5.41) is 4.18. The lowest BCUT2D eigenvalue weighted by molar-refractivity contribution is 0.102. The summed E-state index contributed by atoms with van der Waals surface area (Å²) in [6.07, 6.45) is 6.16. The van der Waals surface area contributed by atoms with Crippen LogP contribution in [0.5, 0.6) is 0 Å². The molecule has 204 valence electrons. The number of rotatable bonds is 10. The summed E-state index contributed by atoms with van der Waals surface area (Å²) in [7, 11) is 2.05. The van der Waals surface area contributed by atoms with E-state index in [0.29, 0.717) is 37.1 Å². The number of piperidine rings is 1. The zero-order chi connectivity index (χ0) is 27.2. The number of hydrogen-bond donors (Lipinski definition) is 1. The second-order valence-corrected chi connectivity index (χ2v) is 10.2. The van der Waals surface area contributed by atoms with E-state index in [1.807, 2.05) is 31.2 Å². The second-order valence-electron chi connectivity index (χ2n) is 10.2. The maximum atomic E-state index is 13.1. The van der Waals surface area contributed by atoms with E-state index in [0.717, 1.165) is 31.0 Å². The van der Waals surface area contributed by atoms with E-state index in [-0.39, 0.29) is 5.91 Å². The molecule has 5 rings (SSSR count). The smallest absolute Gasteiger partial charge is 0.256 e. The molecule has 7 heteroatoms. The van der Waals surface area contributed by atoms with Crippen molar-refractivity contribution in [3.8, 4) is 0 Å². The zero-order valence-electron chi connectivity index (χ0n) is 23.3. The Balaban J connectivity index is 1.30. The molecule has 0 bridgehead atoms. The first-order valence-electron chi connectivity index (χ1n) is 14.1. The van der Waals surface area contributed by atoms with Gasteiger partial charge in [0.2, 0.25) is 0 Å². The van der Waals surface area contributed by atoms with Crippen LogP contribution in [0.25, 0.3) is 10.9 Å². The lowest BCUT2D eigenvalue weighted by Crippen LogP contribution is -2.32. The van der Waals surface area contributed by atoms with Crippen molar-refractivity contribution in [2.75, 3.05) is 49.6 Å². The van der Waals surface area contributed by atoms with Crippen LogP contribution >= 0.6 is 0 Å². The van der Waals surface area contributed by atoms with Gasteiger partial charge in [0, 0.05) is 66.5 Å². The number of nitrogens with zero attached hydrogens (tertiary/aromatic N) is 4. The molecule has 1 amide bonds. The Hall–Kier alpha value is -3.68. The molecule has 1 aliphatic heterocycles. The van der Waals surface area contributed by atoms with E-state index >= 15 is 0 Å². The Bertz CT molecular complexity index is 1390. The first-order chi connectivity index (χ1) is 19.1. The summed E-state index contributed by atoms with van der Waals surface area (Å²) in [5.41, 5.74) is 5.16. The molecule has 0 saturated carbocycles. The largest absolute Gasteiger partial charge is 0.380 e. The van der Waals surface area contributed by atoms with Crippen LogP contribution in [0.4, 0.5) is 17.2 Å². The summed E-state index contributed by atoms with van der Waals surface area (Å²) in [6, 6.07) is 20.6. The van der Waals surface area contributed by atoms with Gasteiger partial charge >= 0.3 is 0 Å². The number of aromatic nitrogens is 2. The Morgan fingerprint density at radius 2 is 1.79 bits per heavy atom. The number of likely N-dealkylation sites (tertiary alicyclic amines) is 1. The van der Waals surface area contributed by atoms with E-state index in [9.17, 15) is 4.79 Å². The monoisotopic (exact) mass is 525 g/mol. The molecule has 0 radical (unpaired) electrons. The van der Waals surface area contributed by atoms with Crippen molar-refractivity contribution < 1.29 is 9.53 Å². The van der Waals surface area contributed by atoms with Gasteiger partial charge in [-0.15, -0.1) is 0 Å². The van der Waals surface area contributed by atoms with Gasteiger partial charge in [-0.2, -0.15) is 0 Å². The van der Waals surface area contributed by atoms with Crippen LogP contribution in [0, 0.1) is 0 Å². The molecule has 1 fully saturated rings. The standard InChI is InChI=1S/C32H39N5O2/c1-4-36-18-14-25(15-19-36)24-6-8-26(9-7-24)32(38)34-31-23-29(12-16-33-31)37(20-21-39-5-2)28-10-11-30-27(22-28)13-17-35(30)3/h6-13,16-17,22-23,25H,4-5,14-15,18-21H2,1-3H3,(H,33,34,38). The van der Waals surface area contributed by atoms with Gasteiger partial charge in [0.25, 0.3) is 5.91 Å². The SMILES string of the molecule is CCOCCN(c1ccnc(NC(=O)c2ccc(C3CCN(CC)CC3)cc2)c1)c1ccc2c(ccn2C)c1. The minimum absolute atomic E-state index is 0.154. The molecular weight excluding hydrogens is 486 g/mol. The number of fused-ring (bicyclic) bond motifs is 1. The molecule has 4 aromatic rings. The molecule has 1 N–H and O–H groups in total. The minimum atomic E-state index is -0.154. The van der Waals surface area contributed by atoms with E-state index in [4.69, 9.17) is 4.74 Å². The first kappa shape index (κ1) is 26.9. The molecule has 0 atom stereocenters. The minimum Gasteiger partial charge on any atom is -0.380 e. The third-order valence-electron chi connectivity index (χ3n) is 7.82. The van der Waals surface area contributed by atoms with Crippen molar-refractivity contribution in [3.63, 3.8) is 0 Å². The molecule has 3 heterocycles. The molecule has 1 aliphatic rings. The number of pyridine rings is 1. The van der Waals surface area contributed by atoms with Crippen molar-refractivity contribution in [1.29, 1.82) is 0 Å². The van der Waals surface area contributed by atoms with E-state index < -0.39 is 0 Å². The van der Waals surface area contributed by atoms with Crippen LogP contribution in [0.3, 0.4) is 0 Å². The van der Waals surface area contributed by atoms with Crippen molar-refractivity contribution in [1.82, 2.24) is 14.5 Å². The fourth-order valence-corrected chi connectivity index (χ4v) is 5.48. The third-order valence-corrected chi connectivity index (χ3v) is 7.82. The van der Waals surface area contributed by atoms with Gasteiger partial charge in [0.05, 0.1) is 6.61 Å². The normalized spacial score (nSPS) is 14.5. The maximum absolute atomic E-state index is 13.1. The fourth-order valence-electron chi connectivity index (χ4n) is 5.48. The highest BCUT2D eigenvalue weighted by Gasteiger charge is 2.20.